The van der Waals surface area contributed by atoms with Crippen LogP contribution >= 0.6 is 11.3 Å². The van der Waals surface area contributed by atoms with Crippen LogP contribution in [0.2, 0.25) is 0 Å². The molecule has 32 heavy (non-hydrogen) atoms. The first-order valence-corrected chi connectivity index (χ1v) is 12.0. The minimum atomic E-state index is -0.0986. The average Bonchev–Trinajstić information content (AvgIpc) is 3.20. The lowest BCUT2D eigenvalue weighted by molar-refractivity contribution is 0.239. The van der Waals surface area contributed by atoms with E-state index in [-0.39, 0.29) is 5.56 Å². The normalized spacial score (nSPS) is 14.9. The molecule has 0 aliphatic carbocycles. The summed E-state index contributed by atoms with van der Waals surface area (Å²) in [6.45, 7) is 5.73. The maximum atomic E-state index is 11.5. The molecule has 0 bridgehead atoms. The van der Waals surface area contributed by atoms with E-state index in [9.17, 15) is 9.90 Å². The number of aromatic hydroxyl groups is 1. The van der Waals surface area contributed by atoms with Crippen molar-refractivity contribution in [1.82, 2.24) is 9.88 Å². The van der Waals surface area contributed by atoms with Crippen LogP contribution in [0.4, 0.5) is 5.69 Å². The van der Waals surface area contributed by atoms with E-state index >= 15 is 0 Å². The zero-order valence-corrected chi connectivity index (χ0v) is 18.7. The summed E-state index contributed by atoms with van der Waals surface area (Å²) < 4.78 is 7.03. The first kappa shape index (κ1) is 20.8. The molecule has 1 fully saturated rings. The van der Waals surface area contributed by atoms with Crippen molar-refractivity contribution in [2.45, 2.75) is 12.8 Å². The third-order valence-electron chi connectivity index (χ3n) is 6.11. The summed E-state index contributed by atoms with van der Waals surface area (Å²) in [7, 11) is 0. The number of ether oxygens (including phenoxy) is 1. The monoisotopic (exact) mass is 449 g/mol. The standard InChI is InChI=1S/C25H27N3O3S/c29-22-17-32-23-5-3-4-21(25(22)23)28-13-11-27(12-14-28)10-1-2-15-31-19-8-6-18-7-9-24(30)26-20(18)16-19/h3-9,16-17,29H,1-2,10-15H2,(H,26,30). The van der Waals surface area contributed by atoms with Crippen molar-refractivity contribution in [2.24, 2.45) is 0 Å². The van der Waals surface area contributed by atoms with Gasteiger partial charge in [0.25, 0.3) is 0 Å². The van der Waals surface area contributed by atoms with E-state index in [1.54, 1.807) is 11.3 Å². The molecule has 6 nitrogen and oxygen atoms in total. The number of nitrogens with zero attached hydrogens (tertiary/aromatic N) is 2. The van der Waals surface area contributed by atoms with E-state index < -0.39 is 0 Å². The van der Waals surface area contributed by atoms with Gasteiger partial charge in [-0.3, -0.25) is 9.69 Å². The number of fused-ring (bicyclic) bond motifs is 2. The van der Waals surface area contributed by atoms with Crippen LogP contribution in [0.25, 0.3) is 21.0 Å². The number of aromatic amines is 1. The lowest BCUT2D eigenvalue weighted by Gasteiger charge is -2.36. The molecule has 2 aromatic heterocycles. The minimum Gasteiger partial charge on any atom is -0.506 e. The number of anilines is 1. The Morgan fingerprint density at radius 3 is 2.75 bits per heavy atom. The van der Waals surface area contributed by atoms with Crippen molar-refractivity contribution in [3.8, 4) is 11.5 Å². The molecule has 0 amide bonds. The number of aromatic nitrogens is 1. The van der Waals surface area contributed by atoms with E-state index in [1.165, 1.54) is 6.07 Å². The van der Waals surface area contributed by atoms with E-state index in [2.05, 4.69) is 33.0 Å². The average molecular weight is 450 g/mol. The van der Waals surface area contributed by atoms with Gasteiger partial charge in [-0.05, 0) is 55.1 Å². The second-order valence-corrected chi connectivity index (χ2v) is 9.14. The van der Waals surface area contributed by atoms with Gasteiger partial charge in [-0.1, -0.05) is 6.07 Å². The van der Waals surface area contributed by atoms with Crippen molar-refractivity contribution >= 4 is 38.0 Å². The Balaban J connectivity index is 1.07. The summed E-state index contributed by atoms with van der Waals surface area (Å²) >= 11 is 1.59. The second-order valence-electron chi connectivity index (χ2n) is 8.23. The van der Waals surface area contributed by atoms with Crippen LogP contribution < -0.4 is 15.2 Å². The van der Waals surface area contributed by atoms with E-state index in [4.69, 9.17) is 4.74 Å². The fourth-order valence-corrected chi connectivity index (χ4v) is 5.22. The fraction of sp³-hybridized carbons (Fsp3) is 0.320. The highest BCUT2D eigenvalue weighted by Gasteiger charge is 2.20. The second kappa shape index (κ2) is 9.22. The zero-order chi connectivity index (χ0) is 21.9. The van der Waals surface area contributed by atoms with Crippen molar-refractivity contribution < 1.29 is 9.84 Å². The number of pyridine rings is 1. The van der Waals surface area contributed by atoms with Crippen molar-refractivity contribution in [2.75, 3.05) is 44.2 Å². The molecule has 0 radical (unpaired) electrons. The van der Waals surface area contributed by atoms with Gasteiger partial charge in [-0.15, -0.1) is 11.3 Å². The Labute approximate surface area is 190 Å². The topological polar surface area (TPSA) is 68.8 Å². The highest BCUT2D eigenvalue weighted by Crippen LogP contribution is 2.38. The number of hydrogen-bond acceptors (Lipinski definition) is 6. The van der Waals surface area contributed by atoms with Crippen LogP contribution in [0.15, 0.2) is 58.7 Å². The summed E-state index contributed by atoms with van der Waals surface area (Å²) in [4.78, 5) is 19.2. The number of hydrogen-bond donors (Lipinski definition) is 2. The number of piperazine rings is 1. The number of nitrogens with one attached hydrogen (secondary N) is 1. The molecule has 0 atom stereocenters. The molecule has 0 spiro atoms. The third kappa shape index (κ3) is 4.45. The molecule has 1 saturated heterocycles. The Hall–Kier alpha value is -3.03. The van der Waals surface area contributed by atoms with Gasteiger partial charge in [0.15, 0.2) is 0 Å². The van der Waals surface area contributed by atoms with Crippen molar-refractivity contribution in [3.05, 3.63) is 64.3 Å². The van der Waals surface area contributed by atoms with Gasteiger partial charge in [-0.25, -0.2) is 0 Å². The summed E-state index contributed by atoms with van der Waals surface area (Å²) in [6.07, 6.45) is 2.08. The van der Waals surface area contributed by atoms with E-state index in [0.29, 0.717) is 12.4 Å². The Morgan fingerprint density at radius 2 is 1.88 bits per heavy atom. The highest BCUT2D eigenvalue weighted by atomic mass is 32.1. The van der Waals surface area contributed by atoms with Gasteiger partial charge < -0.3 is 19.7 Å². The molecular weight excluding hydrogens is 422 g/mol. The predicted molar refractivity (Wildman–Crippen MR) is 131 cm³/mol. The van der Waals surface area contributed by atoms with Crippen molar-refractivity contribution in [1.29, 1.82) is 0 Å². The highest BCUT2D eigenvalue weighted by molar-refractivity contribution is 7.17. The maximum Gasteiger partial charge on any atom is 0.248 e. The third-order valence-corrected chi connectivity index (χ3v) is 7.04. The number of H-pyrrole nitrogens is 1. The number of unbranched alkanes of at least 4 members (excludes halogenated alkanes) is 1. The molecule has 0 saturated carbocycles. The van der Waals surface area contributed by atoms with Gasteiger partial charge in [0.05, 0.1) is 17.5 Å². The molecule has 7 heteroatoms. The van der Waals surface area contributed by atoms with Crippen LogP contribution in [0.1, 0.15) is 12.8 Å². The Bertz CT molecular complexity index is 1270. The quantitative estimate of drug-likeness (QED) is 0.409. The van der Waals surface area contributed by atoms with Gasteiger partial charge in [0.2, 0.25) is 5.56 Å². The summed E-state index contributed by atoms with van der Waals surface area (Å²) in [5.41, 5.74) is 1.85. The molecular formula is C25H27N3O3S. The Kier molecular flexibility index (Phi) is 6.01. The van der Waals surface area contributed by atoms with Crippen LogP contribution in [0.3, 0.4) is 0 Å². The Morgan fingerprint density at radius 1 is 1.03 bits per heavy atom. The summed E-state index contributed by atoms with van der Waals surface area (Å²) in [6, 6.07) is 15.4. The molecule has 3 heterocycles. The van der Waals surface area contributed by atoms with Gasteiger partial charge >= 0.3 is 0 Å². The molecule has 166 valence electrons. The summed E-state index contributed by atoms with van der Waals surface area (Å²) in [5.74, 6) is 1.18. The zero-order valence-electron chi connectivity index (χ0n) is 17.9. The fourth-order valence-electron chi connectivity index (χ4n) is 4.38. The van der Waals surface area contributed by atoms with Crippen molar-refractivity contribution in [3.63, 3.8) is 0 Å². The molecule has 1 aliphatic rings. The van der Waals surface area contributed by atoms with Crippen LogP contribution in [-0.4, -0.2) is 54.3 Å². The van der Waals surface area contributed by atoms with Gasteiger partial charge in [0, 0.05) is 54.1 Å². The van der Waals surface area contributed by atoms with E-state index in [0.717, 1.165) is 78.0 Å². The van der Waals surface area contributed by atoms with Gasteiger partial charge in [-0.2, -0.15) is 0 Å². The smallest absolute Gasteiger partial charge is 0.248 e. The largest absolute Gasteiger partial charge is 0.506 e. The van der Waals surface area contributed by atoms with Gasteiger partial charge in [0.1, 0.15) is 11.5 Å². The number of thiophene rings is 1. The number of benzene rings is 2. The molecule has 0 unspecified atom stereocenters. The first-order chi connectivity index (χ1) is 15.7. The van der Waals surface area contributed by atoms with Crippen LogP contribution in [0, 0.1) is 0 Å². The van der Waals surface area contributed by atoms with Crippen LogP contribution in [0.5, 0.6) is 11.5 Å². The van der Waals surface area contributed by atoms with Crippen LogP contribution in [-0.2, 0) is 0 Å². The molecule has 4 aromatic rings. The predicted octanol–water partition coefficient (Wildman–Crippen LogP) is 4.43. The molecule has 2 N–H and O–H groups in total. The molecule has 2 aromatic carbocycles. The minimum absolute atomic E-state index is 0.0986. The van der Waals surface area contributed by atoms with E-state index in [1.807, 2.05) is 29.6 Å². The lowest BCUT2D eigenvalue weighted by Crippen LogP contribution is -2.46. The first-order valence-electron chi connectivity index (χ1n) is 11.1. The maximum absolute atomic E-state index is 11.5. The lowest BCUT2D eigenvalue weighted by atomic mass is 10.1. The summed E-state index contributed by atoms with van der Waals surface area (Å²) in [5, 5.41) is 14.0. The molecule has 5 rings (SSSR count). The number of rotatable bonds is 7. The SMILES string of the molecule is O=c1ccc2ccc(OCCCCN3CCN(c4cccc5scc(O)c45)CC3)cc2[nH]1. The molecule has 1 aliphatic heterocycles.